The molecule has 24 heavy (non-hydrogen) atoms. The van der Waals surface area contributed by atoms with Crippen LogP contribution in [0.1, 0.15) is 29.7 Å². The Bertz CT molecular complexity index is 700. The molecular formula is C20H24ClNO2. The monoisotopic (exact) mass is 345 g/mol. The predicted molar refractivity (Wildman–Crippen MR) is 98.4 cm³/mol. The van der Waals surface area contributed by atoms with Crippen LogP contribution in [-0.2, 0) is 12.8 Å². The molecule has 3 rings (SSSR count). The summed E-state index contributed by atoms with van der Waals surface area (Å²) in [5.74, 6) is 1.63. The first-order valence-corrected chi connectivity index (χ1v) is 8.73. The van der Waals surface area contributed by atoms with Gasteiger partial charge in [0.1, 0.15) is 0 Å². The molecule has 0 radical (unpaired) electrons. The van der Waals surface area contributed by atoms with Gasteiger partial charge in [0.2, 0.25) is 0 Å². The van der Waals surface area contributed by atoms with Gasteiger partial charge in [-0.05, 0) is 60.7 Å². The van der Waals surface area contributed by atoms with Crippen LogP contribution in [0.15, 0.2) is 36.4 Å². The summed E-state index contributed by atoms with van der Waals surface area (Å²) >= 11 is 5.96. The minimum Gasteiger partial charge on any atom is -0.493 e. The quantitative estimate of drug-likeness (QED) is 0.795. The molecule has 1 aliphatic heterocycles. The maximum atomic E-state index is 5.96. The number of benzene rings is 2. The maximum absolute atomic E-state index is 5.96. The van der Waals surface area contributed by atoms with E-state index in [2.05, 4.69) is 36.1 Å². The fraction of sp³-hybridized carbons (Fsp3) is 0.400. The van der Waals surface area contributed by atoms with Crippen molar-refractivity contribution in [2.24, 2.45) is 0 Å². The second-order valence-electron chi connectivity index (χ2n) is 6.24. The van der Waals surface area contributed by atoms with Gasteiger partial charge in [-0.3, -0.25) is 4.90 Å². The van der Waals surface area contributed by atoms with Gasteiger partial charge in [-0.25, -0.2) is 0 Å². The van der Waals surface area contributed by atoms with Crippen LogP contribution < -0.4 is 9.47 Å². The molecular weight excluding hydrogens is 322 g/mol. The Morgan fingerprint density at radius 2 is 1.75 bits per heavy atom. The van der Waals surface area contributed by atoms with Crippen molar-refractivity contribution in [3.05, 3.63) is 58.1 Å². The van der Waals surface area contributed by atoms with Gasteiger partial charge in [-0.2, -0.15) is 0 Å². The maximum Gasteiger partial charge on any atom is 0.161 e. The van der Waals surface area contributed by atoms with Crippen LogP contribution in [0.3, 0.4) is 0 Å². The van der Waals surface area contributed by atoms with Gasteiger partial charge >= 0.3 is 0 Å². The van der Waals surface area contributed by atoms with Gasteiger partial charge in [0.15, 0.2) is 11.5 Å². The van der Waals surface area contributed by atoms with Gasteiger partial charge in [0.05, 0.1) is 14.2 Å². The molecule has 0 amide bonds. The first-order chi connectivity index (χ1) is 11.6. The Morgan fingerprint density at radius 3 is 2.42 bits per heavy atom. The molecule has 128 valence electrons. The number of halogens is 1. The van der Waals surface area contributed by atoms with E-state index >= 15 is 0 Å². The molecule has 2 aromatic carbocycles. The van der Waals surface area contributed by atoms with Crippen molar-refractivity contribution in [1.29, 1.82) is 0 Å². The number of methoxy groups -OCH3 is 2. The molecule has 3 nitrogen and oxygen atoms in total. The minimum atomic E-state index is 0.376. The number of rotatable bonds is 5. The van der Waals surface area contributed by atoms with Crippen molar-refractivity contribution in [2.75, 3.05) is 27.3 Å². The van der Waals surface area contributed by atoms with Gasteiger partial charge in [-0.1, -0.05) is 23.7 Å². The zero-order valence-electron chi connectivity index (χ0n) is 14.5. The molecule has 0 fully saturated rings. The lowest BCUT2D eigenvalue weighted by Crippen LogP contribution is -2.35. The fourth-order valence-electron chi connectivity index (χ4n) is 3.43. The van der Waals surface area contributed by atoms with Gasteiger partial charge in [0.25, 0.3) is 0 Å². The Morgan fingerprint density at radius 1 is 1.08 bits per heavy atom. The highest BCUT2D eigenvalue weighted by Gasteiger charge is 2.25. The number of fused-ring (bicyclic) bond motifs is 1. The standard InChI is InChI=1S/C20H24ClNO2/c1-14-18-13-20(24-3)19(23-2)12-16(18)9-11-22(14)10-8-15-4-6-17(21)7-5-15/h4-7,12-14H,8-11H2,1-3H3/t14-/m1/s1. The molecule has 0 N–H and O–H groups in total. The molecule has 0 saturated carbocycles. The normalized spacial score (nSPS) is 17.4. The molecule has 0 spiro atoms. The summed E-state index contributed by atoms with van der Waals surface area (Å²) in [5.41, 5.74) is 4.03. The molecule has 0 aliphatic carbocycles. The molecule has 1 atom stereocenters. The highest BCUT2D eigenvalue weighted by molar-refractivity contribution is 6.30. The summed E-state index contributed by atoms with van der Waals surface area (Å²) in [6, 6.07) is 12.8. The van der Waals surface area contributed by atoms with Crippen LogP contribution in [0.2, 0.25) is 5.02 Å². The molecule has 2 aromatic rings. The molecule has 4 heteroatoms. The number of ether oxygens (including phenoxy) is 2. The third-order valence-electron chi connectivity index (χ3n) is 4.91. The van der Waals surface area contributed by atoms with E-state index in [1.807, 2.05) is 12.1 Å². The Labute approximate surface area is 149 Å². The van der Waals surface area contributed by atoms with Crippen LogP contribution in [0.25, 0.3) is 0 Å². The first-order valence-electron chi connectivity index (χ1n) is 8.35. The fourth-order valence-corrected chi connectivity index (χ4v) is 3.55. The van der Waals surface area contributed by atoms with Crippen molar-refractivity contribution >= 4 is 11.6 Å². The predicted octanol–water partition coefficient (Wildman–Crippen LogP) is 4.52. The largest absolute Gasteiger partial charge is 0.493 e. The summed E-state index contributed by atoms with van der Waals surface area (Å²) in [6.45, 7) is 4.37. The summed E-state index contributed by atoms with van der Waals surface area (Å²) < 4.78 is 10.9. The second-order valence-corrected chi connectivity index (χ2v) is 6.68. The molecule has 0 aromatic heterocycles. The summed E-state index contributed by atoms with van der Waals surface area (Å²) in [4.78, 5) is 2.53. The highest BCUT2D eigenvalue weighted by Crippen LogP contribution is 2.37. The van der Waals surface area contributed by atoms with Crippen LogP contribution in [-0.4, -0.2) is 32.2 Å². The van der Waals surface area contributed by atoms with E-state index < -0.39 is 0 Å². The first kappa shape index (κ1) is 17.1. The van der Waals surface area contributed by atoms with E-state index in [-0.39, 0.29) is 0 Å². The number of hydrogen-bond donors (Lipinski definition) is 0. The Hall–Kier alpha value is -1.71. The molecule has 1 aliphatic rings. The van der Waals surface area contributed by atoms with Crippen LogP contribution >= 0.6 is 11.6 Å². The average Bonchev–Trinajstić information content (AvgIpc) is 2.61. The lowest BCUT2D eigenvalue weighted by molar-refractivity contribution is 0.200. The van der Waals surface area contributed by atoms with Crippen molar-refractivity contribution in [3.63, 3.8) is 0 Å². The summed E-state index contributed by atoms with van der Waals surface area (Å²) in [6.07, 6.45) is 2.07. The topological polar surface area (TPSA) is 21.7 Å². The van der Waals surface area contributed by atoms with E-state index in [9.17, 15) is 0 Å². The van der Waals surface area contributed by atoms with Crippen LogP contribution in [0.5, 0.6) is 11.5 Å². The zero-order chi connectivity index (χ0) is 17.1. The molecule has 0 bridgehead atoms. The average molecular weight is 346 g/mol. The molecule has 0 unspecified atom stereocenters. The highest BCUT2D eigenvalue weighted by atomic mass is 35.5. The lowest BCUT2D eigenvalue weighted by atomic mass is 9.92. The van der Waals surface area contributed by atoms with Crippen molar-refractivity contribution in [3.8, 4) is 11.5 Å². The second kappa shape index (κ2) is 7.45. The zero-order valence-corrected chi connectivity index (χ0v) is 15.3. The van der Waals surface area contributed by atoms with Gasteiger partial charge < -0.3 is 9.47 Å². The SMILES string of the molecule is COc1cc2c(cc1OC)[C@@H](C)N(CCc1ccc(Cl)cc1)CC2. The summed E-state index contributed by atoms with van der Waals surface area (Å²) in [7, 11) is 3.38. The van der Waals surface area contributed by atoms with E-state index in [0.29, 0.717) is 6.04 Å². The Balaban J connectivity index is 1.74. The third kappa shape index (κ3) is 3.52. The van der Waals surface area contributed by atoms with E-state index in [0.717, 1.165) is 42.5 Å². The van der Waals surface area contributed by atoms with Crippen LogP contribution in [0, 0.1) is 0 Å². The number of nitrogens with zero attached hydrogens (tertiary/aromatic N) is 1. The van der Waals surface area contributed by atoms with E-state index in [1.165, 1.54) is 16.7 Å². The van der Waals surface area contributed by atoms with Gasteiger partial charge in [0, 0.05) is 24.2 Å². The smallest absolute Gasteiger partial charge is 0.161 e. The lowest BCUT2D eigenvalue weighted by Gasteiger charge is -2.35. The Kier molecular flexibility index (Phi) is 5.32. The molecule has 0 saturated heterocycles. The summed E-state index contributed by atoms with van der Waals surface area (Å²) in [5, 5.41) is 0.792. The van der Waals surface area contributed by atoms with Crippen LogP contribution in [0.4, 0.5) is 0 Å². The van der Waals surface area contributed by atoms with Gasteiger partial charge in [-0.15, -0.1) is 0 Å². The molecule has 1 heterocycles. The van der Waals surface area contributed by atoms with Crippen molar-refractivity contribution in [2.45, 2.75) is 25.8 Å². The van der Waals surface area contributed by atoms with E-state index in [1.54, 1.807) is 14.2 Å². The van der Waals surface area contributed by atoms with E-state index in [4.69, 9.17) is 21.1 Å². The number of hydrogen-bond acceptors (Lipinski definition) is 3. The van der Waals surface area contributed by atoms with Crippen molar-refractivity contribution in [1.82, 2.24) is 4.90 Å². The van der Waals surface area contributed by atoms with Crippen molar-refractivity contribution < 1.29 is 9.47 Å². The minimum absolute atomic E-state index is 0.376. The third-order valence-corrected chi connectivity index (χ3v) is 5.16.